The third-order valence-corrected chi connectivity index (χ3v) is 9.02. The molecule has 0 unspecified atom stereocenters. The lowest BCUT2D eigenvalue weighted by atomic mass is 10.1. The van der Waals surface area contributed by atoms with Crippen LogP contribution >= 0.6 is 46.4 Å². The molecule has 6 rings (SSSR count). The first-order chi connectivity index (χ1) is 19.2. The van der Waals surface area contributed by atoms with Crippen molar-refractivity contribution in [3.05, 3.63) is 83.0 Å². The monoisotopic (exact) mass is 622 g/mol. The molecule has 2 aromatic carbocycles. The second kappa shape index (κ2) is 12.1. The summed E-state index contributed by atoms with van der Waals surface area (Å²) in [7, 11) is 0. The lowest BCUT2D eigenvalue weighted by molar-refractivity contribution is 0.476. The highest BCUT2D eigenvalue weighted by molar-refractivity contribution is 6.33. The number of aromatic hydroxyl groups is 1. The first kappa shape index (κ1) is 28.9. The van der Waals surface area contributed by atoms with Crippen molar-refractivity contribution in [1.29, 1.82) is 0 Å². The average Bonchev–Trinajstić information content (AvgIpc) is 3.18. The number of phenols is 1. The second-order valence-electron chi connectivity index (χ2n) is 10.2. The Morgan fingerprint density at radius 3 is 1.48 bits per heavy atom. The molecule has 4 aromatic rings. The smallest absolute Gasteiger partial charge is 0.276 e. The van der Waals surface area contributed by atoms with E-state index in [0.717, 1.165) is 69.3 Å². The molecule has 0 amide bonds. The van der Waals surface area contributed by atoms with Gasteiger partial charge in [-0.25, -0.2) is 9.36 Å². The van der Waals surface area contributed by atoms with E-state index in [2.05, 4.69) is 0 Å². The van der Waals surface area contributed by atoms with Crippen LogP contribution in [0.5, 0.6) is 5.75 Å². The largest absolute Gasteiger partial charge is 0.506 e. The summed E-state index contributed by atoms with van der Waals surface area (Å²) < 4.78 is 7.21. The zero-order chi connectivity index (χ0) is 28.6. The number of hydrogen-bond acceptors (Lipinski definition) is 3. The van der Waals surface area contributed by atoms with Crippen molar-refractivity contribution in [3.8, 4) is 28.0 Å². The Morgan fingerprint density at radius 1 is 0.600 bits per heavy atom. The molecular formula is C29H30Cl4N4O3. The molecule has 212 valence electrons. The van der Waals surface area contributed by atoms with Gasteiger partial charge in [0.25, 0.3) is 11.1 Å². The summed E-state index contributed by atoms with van der Waals surface area (Å²) in [4.78, 5) is 25.1. The Hall–Kier alpha value is -2.58. The van der Waals surface area contributed by atoms with Crippen LogP contribution in [0.15, 0.2) is 46.0 Å². The van der Waals surface area contributed by atoms with Crippen LogP contribution in [0.2, 0.25) is 20.4 Å². The zero-order valence-corrected chi connectivity index (χ0v) is 25.1. The summed E-state index contributed by atoms with van der Waals surface area (Å²) in [5.41, 5.74) is 3.29. The van der Waals surface area contributed by atoms with Crippen LogP contribution in [0, 0.1) is 6.92 Å². The van der Waals surface area contributed by atoms with Gasteiger partial charge in [-0.3, -0.25) is 19.0 Å². The molecule has 1 N–H and O–H groups in total. The molecule has 0 bridgehead atoms. The quantitative estimate of drug-likeness (QED) is 0.249. The Kier molecular flexibility index (Phi) is 8.76. The first-order valence-electron chi connectivity index (χ1n) is 13.4. The van der Waals surface area contributed by atoms with Crippen LogP contribution in [0.4, 0.5) is 0 Å². The molecule has 0 spiro atoms. The summed E-state index contributed by atoms with van der Waals surface area (Å²) in [5, 5.41) is 11.6. The maximum absolute atomic E-state index is 12.6. The molecule has 2 aliphatic heterocycles. The Morgan fingerprint density at radius 2 is 1.02 bits per heavy atom. The Labute approximate surface area is 252 Å². The van der Waals surface area contributed by atoms with Crippen LogP contribution in [0.3, 0.4) is 0 Å². The zero-order valence-electron chi connectivity index (χ0n) is 22.1. The minimum Gasteiger partial charge on any atom is -0.506 e. The highest BCUT2D eigenvalue weighted by atomic mass is 35.5. The van der Waals surface area contributed by atoms with Crippen LogP contribution < -0.4 is 11.1 Å². The van der Waals surface area contributed by atoms with Crippen molar-refractivity contribution in [3.63, 3.8) is 0 Å². The summed E-state index contributed by atoms with van der Waals surface area (Å²) in [6.07, 6.45) is 6.32. The predicted molar refractivity (Wildman–Crippen MR) is 162 cm³/mol. The standard InChI is InChI=1S/C15H16Cl2N2O.C14H14Cl2N2O2/c1-10-9-11(5-6-12(10)16)13-14(17)18-7-3-2-4-8-19(18)15(13)20;15-10-5-4-9(8-11(10)19)12-13(16)17-6-2-1-3-7-18(17)14(12)20/h5-6,9H,2-4,7-8H2,1H3;4-5,8,19H,1-3,6-7H2. The van der Waals surface area contributed by atoms with Crippen LogP contribution in [-0.2, 0) is 26.2 Å². The van der Waals surface area contributed by atoms with Crippen molar-refractivity contribution in [2.24, 2.45) is 0 Å². The summed E-state index contributed by atoms with van der Waals surface area (Å²) in [6.45, 7) is 4.90. The topological polar surface area (TPSA) is 74.1 Å². The number of nitrogens with zero attached hydrogens (tertiary/aromatic N) is 4. The van der Waals surface area contributed by atoms with Crippen LogP contribution in [-0.4, -0.2) is 23.8 Å². The van der Waals surface area contributed by atoms with E-state index in [1.165, 1.54) is 6.07 Å². The van der Waals surface area contributed by atoms with Gasteiger partial charge in [-0.15, -0.1) is 0 Å². The first-order valence-corrected chi connectivity index (χ1v) is 14.9. The third-order valence-electron chi connectivity index (χ3n) is 7.51. The van der Waals surface area contributed by atoms with E-state index in [1.54, 1.807) is 21.5 Å². The molecule has 0 aliphatic carbocycles. The molecule has 40 heavy (non-hydrogen) atoms. The molecule has 4 heterocycles. The lowest BCUT2D eigenvalue weighted by Gasteiger charge is -2.07. The van der Waals surface area contributed by atoms with Gasteiger partial charge in [0.2, 0.25) is 0 Å². The number of hydrogen-bond donors (Lipinski definition) is 1. The molecular weight excluding hydrogens is 594 g/mol. The summed E-state index contributed by atoms with van der Waals surface area (Å²) >= 11 is 24.7. The van der Waals surface area contributed by atoms with E-state index in [4.69, 9.17) is 46.4 Å². The van der Waals surface area contributed by atoms with Gasteiger partial charge in [-0.1, -0.05) is 58.5 Å². The molecule has 0 fully saturated rings. The number of aryl methyl sites for hydroxylation is 1. The van der Waals surface area contributed by atoms with E-state index in [0.29, 0.717) is 38.6 Å². The summed E-state index contributed by atoms with van der Waals surface area (Å²) in [6, 6.07) is 10.3. The minimum absolute atomic E-state index is 0.00128. The maximum atomic E-state index is 12.6. The number of benzene rings is 2. The molecule has 0 radical (unpaired) electrons. The highest BCUT2D eigenvalue weighted by Crippen LogP contribution is 2.33. The number of halogens is 4. The molecule has 0 atom stereocenters. The molecule has 0 saturated carbocycles. The van der Waals surface area contributed by atoms with E-state index in [-0.39, 0.29) is 21.9 Å². The number of fused-ring (bicyclic) bond motifs is 2. The fraction of sp³-hybridized carbons (Fsp3) is 0.379. The SMILES string of the molecule is Cc1cc(-c2c(Cl)n3n(c2=O)CCCCC3)ccc1Cl.O=c1c(-c2ccc(Cl)c(O)c2)c(Cl)n2n1CCCCC2. The molecule has 0 saturated heterocycles. The van der Waals surface area contributed by atoms with E-state index >= 15 is 0 Å². The van der Waals surface area contributed by atoms with E-state index in [1.807, 2.05) is 34.5 Å². The number of aromatic nitrogens is 4. The maximum Gasteiger partial charge on any atom is 0.276 e. The fourth-order valence-corrected chi connectivity index (χ4v) is 6.33. The van der Waals surface area contributed by atoms with Gasteiger partial charge in [-0.05, 0) is 86.4 Å². The van der Waals surface area contributed by atoms with Gasteiger partial charge >= 0.3 is 0 Å². The number of phenolic OH excluding ortho intramolecular Hbond substituents is 1. The van der Waals surface area contributed by atoms with Gasteiger partial charge in [-0.2, -0.15) is 0 Å². The van der Waals surface area contributed by atoms with Crippen LogP contribution in [0.25, 0.3) is 22.3 Å². The van der Waals surface area contributed by atoms with Gasteiger partial charge in [0.05, 0.1) is 16.1 Å². The third kappa shape index (κ3) is 5.49. The van der Waals surface area contributed by atoms with Gasteiger partial charge in [0.1, 0.15) is 16.1 Å². The normalized spacial score (nSPS) is 14.9. The van der Waals surface area contributed by atoms with Crippen LogP contribution in [0.1, 0.15) is 44.1 Å². The van der Waals surface area contributed by atoms with Gasteiger partial charge < -0.3 is 5.11 Å². The Bertz CT molecular complexity index is 1560. The lowest BCUT2D eigenvalue weighted by Crippen LogP contribution is -2.22. The van der Waals surface area contributed by atoms with Crippen molar-refractivity contribution >= 4 is 46.4 Å². The minimum atomic E-state index is -0.112. The van der Waals surface area contributed by atoms with Crippen molar-refractivity contribution in [2.45, 2.75) is 71.6 Å². The van der Waals surface area contributed by atoms with Crippen molar-refractivity contribution in [1.82, 2.24) is 18.7 Å². The van der Waals surface area contributed by atoms with Crippen molar-refractivity contribution in [2.75, 3.05) is 0 Å². The second-order valence-corrected chi connectivity index (χ2v) is 11.7. The highest BCUT2D eigenvalue weighted by Gasteiger charge is 2.23. The van der Waals surface area contributed by atoms with Gasteiger partial charge in [0.15, 0.2) is 0 Å². The fourth-order valence-electron chi connectivity index (χ4n) is 5.36. The average molecular weight is 624 g/mol. The summed E-state index contributed by atoms with van der Waals surface area (Å²) in [5.74, 6) is -0.0500. The van der Waals surface area contributed by atoms with Gasteiger partial charge in [0, 0.05) is 31.2 Å². The number of rotatable bonds is 2. The predicted octanol–water partition coefficient (Wildman–Crippen LogP) is 7.63. The Balaban J connectivity index is 0.000000161. The molecule has 2 aliphatic rings. The van der Waals surface area contributed by atoms with E-state index < -0.39 is 0 Å². The van der Waals surface area contributed by atoms with E-state index in [9.17, 15) is 14.7 Å². The molecule has 2 aromatic heterocycles. The molecule has 7 nitrogen and oxygen atoms in total. The molecule has 11 heteroatoms. The van der Waals surface area contributed by atoms with Crippen molar-refractivity contribution < 1.29 is 5.11 Å².